The zero-order chi connectivity index (χ0) is 24.9. The predicted octanol–water partition coefficient (Wildman–Crippen LogP) is 5.81. The number of hydrogen-bond acceptors (Lipinski definition) is 4. The number of ether oxygens (including phenoxy) is 1. The molecular weight excluding hydrogens is 536 g/mol. The van der Waals surface area contributed by atoms with E-state index < -0.39 is 24.0 Å². The Kier molecular flexibility index (Phi) is 7.73. The third-order valence-electron chi connectivity index (χ3n) is 5.79. The summed E-state index contributed by atoms with van der Waals surface area (Å²) < 4.78 is 6.06. The monoisotopic (exact) mass is 556 g/mol. The highest BCUT2D eigenvalue weighted by Crippen LogP contribution is 2.44. The Morgan fingerprint density at radius 3 is 2.23 bits per heavy atom. The quantitative estimate of drug-likeness (QED) is 0.324. The van der Waals surface area contributed by atoms with Gasteiger partial charge in [0.1, 0.15) is 12.6 Å². The van der Waals surface area contributed by atoms with Crippen LogP contribution in [0.4, 0.5) is 10.5 Å². The molecule has 35 heavy (non-hydrogen) atoms. The van der Waals surface area contributed by atoms with Crippen LogP contribution in [-0.4, -0.2) is 35.7 Å². The summed E-state index contributed by atoms with van der Waals surface area (Å²) in [7, 11) is 0. The van der Waals surface area contributed by atoms with E-state index in [-0.39, 0.29) is 25.4 Å². The van der Waals surface area contributed by atoms with E-state index in [1.807, 2.05) is 48.5 Å². The van der Waals surface area contributed by atoms with Gasteiger partial charge in [-0.15, -0.1) is 0 Å². The number of aliphatic carboxylic acids is 1. The number of rotatable bonds is 8. The minimum absolute atomic E-state index is 0.0792. The van der Waals surface area contributed by atoms with E-state index in [0.717, 1.165) is 22.3 Å². The van der Waals surface area contributed by atoms with E-state index in [2.05, 4.69) is 26.6 Å². The van der Waals surface area contributed by atoms with Crippen molar-refractivity contribution >= 4 is 51.2 Å². The first-order valence-electron chi connectivity index (χ1n) is 10.9. The molecule has 1 atom stereocenters. The third-order valence-corrected chi connectivity index (χ3v) is 6.68. The Balaban J connectivity index is 1.43. The summed E-state index contributed by atoms with van der Waals surface area (Å²) in [6.07, 6.45) is -1.20. The van der Waals surface area contributed by atoms with Crippen LogP contribution in [0.5, 0.6) is 0 Å². The largest absolute Gasteiger partial charge is 0.481 e. The normalized spacial score (nSPS) is 12.9. The maximum atomic E-state index is 12.9. The number of hydrogen-bond donors (Lipinski definition) is 3. The molecule has 0 fully saturated rings. The van der Waals surface area contributed by atoms with Crippen LogP contribution in [0.15, 0.2) is 71.2 Å². The number of carbonyl (C=O) groups is 3. The first-order chi connectivity index (χ1) is 16.8. The van der Waals surface area contributed by atoms with Crippen LogP contribution in [-0.2, 0) is 14.3 Å². The van der Waals surface area contributed by atoms with Gasteiger partial charge in [-0.1, -0.05) is 60.1 Å². The summed E-state index contributed by atoms with van der Waals surface area (Å²) in [6.45, 7) is 0.0792. The van der Waals surface area contributed by atoms with Crippen molar-refractivity contribution in [2.45, 2.75) is 24.8 Å². The topological polar surface area (TPSA) is 105 Å². The van der Waals surface area contributed by atoms with Crippen LogP contribution < -0.4 is 10.6 Å². The Bertz CT molecular complexity index is 1240. The van der Waals surface area contributed by atoms with Gasteiger partial charge in [0.05, 0.1) is 5.69 Å². The minimum atomic E-state index is -1.11. The van der Waals surface area contributed by atoms with Gasteiger partial charge in [-0.05, 0) is 62.8 Å². The zero-order valence-electron chi connectivity index (χ0n) is 18.5. The molecule has 2 amide bonds. The van der Waals surface area contributed by atoms with Crippen LogP contribution in [0.1, 0.15) is 29.9 Å². The van der Waals surface area contributed by atoms with Crippen molar-refractivity contribution < 1.29 is 24.2 Å². The van der Waals surface area contributed by atoms with Gasteiger partial charge in [-0.3, -0.25) is 9.59 Å². The van der Waals surface area contributed by atoms with Crippen molar-refractivity contribution in [1.29, 1.82) is 0 Å². The molecular formula is C26H22BrClN2O5. The fraction of sp³-hybridized carbons (Fsp3) is 0.192. The Labute approximate surface area is 215 Å². The predicted molar refractivity (Wildman–Crippen MR) is 137 cm³/mol. The first kappa shape index (κ1) is 24.8. The van der Waals surface area contributed by atoms with Crippen molar-refractivity contribution in [3.63, 3.8) is 0 Å². The summed E-state index contributed by atoms with van der Waals surface area (Å²) in [4.78, 5) is 36.6. The van der Waals surface area contributed by atoms with E-state index in [0.29, 0.717) is 15.2 Å². The lowest BCUT2D eigenvalue weighted by molar-refractivity contribution is -0.137. The number of fused-ring (bicyclic) bond motifs is 3. The van der Waals surface area contributed by atoms with E-state index >= 15 is 0 Å². The SMILES string of the molecule is O=C(O)CCC(NC(=O)OCC1c2ccccc2-c2ccccc21)C(=O)Nc1ccc(Cl)cc1Br. The molecule has 3 aromatic rings. The molecule has 3 aromatic carbocycles. The van der Waals surface area contributed by atoms with Gasteiger partial charge in [0.15, 0.2) is 0 Å². The molecule has 1 aliphatic carbocycles. The van der Waals surface area contributed by atoms with Crippen molar-refractivity contribution in [2.24, 2.45) is 0 Å². The van der Waals surface area contributed by atoms with E-state index in [1.165, 1.54) is 0 Å². The number of carbonyl (C=O) groups excluding carboxylic acids is 2. The highest BCUT2D eigenvalue weighted by atomic mass is 79.9. The van der Waals surface area contributed by atoms with Gasteiger partial charge in [-0.25, -0.2) is 4.79 Å². The molecule has 0 aromatic heterocycles. The Hall–Kier alpha value is -3.36. The molecule has 0 heterocycles. The molecule has 7 nitrogen and oxygen atoms in total. The number of anilines is 1. The van der Waals surface area contributed by atoms with Crippen LogP contribution in [0, 0.1) is 0 Å². The molecule has 9 heteroatoms. The summed E-state index contributed by atoms with van der Waals surface area (Å²) >= 11 is 9.26. The molecule has 0 aliphatic heterocycles. The molecule has 0 saturated carbocycles. The van der Waals surface area contributed by atoms with Gasteiger partial charge in [0.25, 0.3) is 0 Å². The fourth-order valence-electron chi connectivity index (χ4n) is 4.13. The molecule has 1 unspecified atom stereocenters. The molecule has 0 spiro atoms. The number of benzene rings is 3. The van der Waals surface area contributed by atoms with E-state index in [4.69, 9.17) is 21.4 Å². The summed E-state index contributed by atoms with van der Waals surface area (Å²) in [5, 5.41) is 14.8. The van der Waals surface area contributed by atoms with Gasteiger partial charge < -0.3 is 20.5 Å². The summed E-state index contributed by atoms with van der Waals surface area (Å²) in [5.74, 6) is -1.78. The number of amides is 2. The zero-order valence-corrected chi connectivity index (χ0v) is 20.8. The summed E-state index contributed by atoms with van der Waals surface area (Å²) in [5.41, 5.74) is 4.77. The van der Waals surface area contributed by atoms with Crippen molar-refractivity contribution in [1.82, 2.24) is 5.32 Å². The molecule has 1 aliphatic rings. The number of carboxylic acid groups (broad SMARTS) is 1. The van der Waals surface area contributed by atoms with Gasteiger partial charge in [0.2, 0.25) is 5.91 Å². The highest BCUT2D eigenvalue weighted by molar-refractivity contribution is 9.10. The number of carboxylic acids is 1. The Morgan fingerprint density at radius 1 is 1.00 bits per heavy atom. The lowest BCUT2D eigenvalue weighted by atomic mass is 9.98. The smallest absolute Gasteiger partial charge is 0.407 e. The minimum Gasteiger partial charge on any atom is -0.481 e. The van der Waals surface area contributed by atoms with E-state index in [1.54, 1.807) is 18.2 Å². The first-order valence-corrected chi connectivity index (χ1v) is 12.1. The van der Waals surface area contributed by atoms with Crippen LogP contribution in [0.25, 0.3) is 11.1 Å². The van der Waals surface area contributed by atoms with Crippen molar-refractivity contribution in [3.8, 4) is 11.1 Å². The second-order valence-electron chi connectivity index (χ2n) is 8.07. The molecule has 0 saturated heterocycles. The third kappa shape index (κ3) is 5.83. The Morgan fingerprint density at radius 2 is 1.63 bits per heavy atom. The van der Waals surface area contributed by atoms with Crippen LogP contribution in [0.2, 0.25) is 5.02 Å². The van der Waals surface area contributed by atoms with Gasteiger partial charge in [-0.2, -0.15) is 0 Å². The standard InChI is InChI=1S/C26H22BrClN2O5/c27-21-13-15(28)9-10-22(21)29-25(33)23(11-12-24(31)32)30-26(34)35-14-20-18-7-3-1-5-16(18)17-6-2-4-8-19(17)20/h1-10,13,20,23H,11-12,14H2,(H,29,33)(H,30,34)(H,31,32). The second-order valence-corrected chi connectivity index (χ2v) is 9.36. The lowest BCUT2D eigenvalue weighted by Gasteiger charge is -2.20. The van der Waals surface area contributed by atoms with Crippen molar-refractivity contribution in [3.05, 3.63) is 87.4 Å². The van der Waals surface area contributed by atoms with Gasteiger partial charge >= 0.3 is 12.1 Å². The molecule has 0 radical (unpaired) electrons. The fourth-order valence-corrected chi connectivity index (χ4v) is 4.91. The van der Waals surface area contributed by atoms with Crippen LogP contribution in [0.3, 0.4) is 0 Å². The maximum Gasteiger partial charge on any atom is 0.407 e. The number of nitrogens with one attached hydrogen (secondary N) is 2. The highest BCUT2D eigenvalue weighted by Gasteiger charge is 2.30. The van der Waals surface area contributed by atoms with Crippen LogP contribution >= 0.6 is 27.5 Å². The van der Waals surface area contributed by atoms with E-state index in [9.17, 15) is 14.4 Å². The molecule has 180 valence electrons. The average Bonchev–Trinajstić information content (AvgIpc) is 3.15. The lowest BCUT2D eigenvalue weighted by Crippen LogP contribution is -2.44. The maximum absolute atomic E-state index is 12.9. The molecule has 0 bridgehead atoms. The van der Waals surface area contributed by atoms with Crippen molar-refractivity contribution in [2.75, 3.05) is 11.9 Å². The van der Waals surface area contributed by atoms with Gasteiger partial charge in [0, 0.05) is 21.8 Å². The molecule has 3 N–H and O–H groups in total. The molecule has 4 rings (SSSR count). The number of alkyl carbamates (subject to hydrolysis) is 1. The average molecular weight is 558 g/mol. The second kappa shape index (κ2) is 10.9. The number of halogens is 2. The summed E-state index contributed by atoms with van der Waals surface area (Å²) in [6, 6.07) is 19.6.